The van der Waals surface area contributed by atoms with Gasteiger partial charge in [0.15, 0.2) is 5.65 Å². The highest BCUT2D eigenvalue weighted by atomic mass is 19.4. The zero-order valence-corrected chi connectivity index (χ0v) is 12.5. The molecule has 0 aliphatic rings. The number of nitrogens with one attached hydrogen (secondary N) is 2. The topological polar surface area (TPSA) is 108 Å². The number of carbonyl (C=O) groups excluding carboxylic acids is 1. The Balaban J connectivity index is 0.000000322. The first-order valence-corrected chi connectivity index (χ1v) is 6.32. The van der Waals surface area contributed by atoms with E-state index in [0.717, 1.165) is 0 Å². The molecule has 0 aromatic carbocycles. The predicted molar refractivity (Wildman–Crippen MR) is 74.8 cm³/mol. The summed E-state index contributed by atoms with van der Waals surface area (Å²) in [6, 6.07) is 0. The second-order valence-electron chi connectivity index (χ2n) is 5.46. The standard InChI is InChI=1S/C11H14N4O.C2HF3O2/c1-11(2,3)15-10(16)7-6-14-9-8(7)12-4-5-13-9;3-2(4,5)1(6)7/h4-6H,1-3H3,(H,13,14)(H,15,16);(H,6,7). The smallest absolute Gasteiger partial charge is 0.475 e. The van der Waals surface area contributed by atoms with Gasteiger partial charge in [-0.1, -0.05) is 0 Å². The summed E-state index contributed by atoms with van der Waals surface area (Å²) in [5.41, 5.74) is 1.49. The van der Waals surface area contributed by atoms with Gasteiger partial charge in [-0.05, 0) is 20.8 Å². The molecule has 0 saturated carbocycles. The fourth-order valence-electron chi connectivity index (χ4n) is 1.43. The van der Waals surface area contributed by atoms with Crippen LogP contribution in [0.2, 0.25) is 0 Å². The third-order valence-electron chi connectivity index (χ3n) is 2.28. The lowest BCUT2D eigenvalue weighted by Crippen LogP contribution is -2.40. The van der Waals surface area contributed by atoms with Gasteiger partial charge in [-0.25, -0.2) is 9.78 Å². The van der Waals surface area contributed by atoms with Crippen LogP contribution in [0.4, 0.5) is 13.2 Å². The van der Waals surface area contributed by atoms with Gasteiger partial charge in [0.25, 0.3) is 5.91 Å². The summed E-state index contributed by atoms with van der Waals surface area (Å²) in [6.07, 6.45) is -0.292. The van der Waals surface area contributed by atoms with E-state index in [1.807, 2.05) is 20.8 Å². The van der Waals surface area contributed by atoms with E-state index >= 15 is 0 Å². The molecular weight excluding hydrogens is 317 g/mol. The van der Waals surface area contributed by atoms with E-state index in [4.69, 9.17) is 9.90 Å². The van der Waals surface area contributed by atoms with Crippen molar-refractivity contribution in [3.8, 4) is 0 Å². The lowest BCUT2D eigenvalue weighted by Gasteiger charge is -2.19. The van der Waals surface area contributed by atoms with Gasteiger partial charge < -0.3 is 15.4 Å². The number of halogens is 3. The molecule has 0 spiro atoms. The highest BCUT2D eigenvalue weighted by Gasteiger charge is 2.38. The fraction of sp³-hybridized carbons (Fsp3) is 0.385. The van der Waals surface area contributed by atoms with Crippen LogP contribution in [-0.4, -0.2) is 43.7 Å². The van der Waals surface area contributed by atoms with Gasteiger partial charge in [0.2, 0.25) is 0 Å². The SMILES string of the molecule is CC(C)(C)NC(=O)c1c[nH]c2nccnc12.O=C(O)C(F)(F)F. The van der Waals surface area contributed by atoms with Crippen molar-refractivity contribution in [2.75, 3.05) is 0 Å². The Kier molecular flexibility index (Phi) is 5.30. The number of rotatable bonds is 1. The maximum Gasteiger partial charge on any atom is 0.490 e. The number of nitrogens with zero attached hydrogens (tertiary/aromatic N) is 2. The number of hydrogen-bond acceptors (Lipinski definition) is 4. The second kappa shape index (κ2) is 6.63. The van der Waals surface area contributed by atoms with Crippen molar-refractivity contribution in [2.24, 2.45) is 0 Å². The van der Waals surface area contributed by atoms with Crippen molar-refractivity contribution in [2.45, 2.75) is 32.5 Å². The molecule has 0 radical (unpaired) electrons. The number of amides is 1. The van der Waals surface area contributed by atoms with E-state index in [1.165, 1.54) is 0 Å². The molecule has 2 aromatic rings. The Bertz CT molecular complexity index is 704. The molecule has 2 rings (SSSR count). The third-order valence-corrected chi connectivity index (χ3v) is 2.28. The fourth-order valence-corrected chi connectivity index (χ4v) is 1.43. The minimum absolute atomic E-state index is 0.140. The summed E-state index contributed by atoms with van der Waals surface area (Å²) in [5.74, 6) is -2.90. The zero-order chi connectivity index (χ0) is 17.8. The van der Waals surface area contributed by atoms with Crippen molar-refractivity contribution in [3.63, 3.8) is 0 Å². The van der Waals surface area contributed by atoms with E-state index in [-0.39, 0.29) is 11.4 Å². The molecular formula is C13H15F3N4O3. The largest absolute Gasteiger partial charge is 0.490 e. The van der Waals surface area contributed by atoms with Gasteiger partial charge in [0.05, 0.1) is 5.56 Å². The molecule has 0 atom stereocenters. The van der Waals surface area contributed by atoms with Gasteiger partial charge in [-0.3, -0.25) is 9.78 Å². The molecule has 10 heteroatoms. The molecule has 0 aliphatic carbocycles. The summed E-state index contributed by atoms with van der Waals surface area (Å²) >= 11 is 0. The maximum atomic E-state index is 11.9. The van der Waals surface area contributed by atoms with Crippen LogP contribution in [0, 0.1) is 0 Å². The van der Waals surface area contributed by atoms with Crippen LogP contribution < -0.4 is 5.32 Å². The van der Waals surface area contributed by atoms with E-state index < -0.39 is 12.1 Å². The average molecular weight is 332 g/mol. The maximum absolute atomic E-state index is 11.9. The van der Waals surface area contributed by atoms with Crippen LogP contribution in [0.1, 0.15) is 31.1 Å². The molecule has 0 bridgehead atoms. The zero-order valence-electron chi connectivity index (χ0n) is 12.5. The molecule has 2 heterocycles. The lowest BCUT2D eigenvalue weighted by atomic mass is 10.1. The minimum Gasteiger partial charge on any atom is -0.475 e. The Hall–Kier alpha value is -2.65. The number of carboxylic acids is 1. The van der Waals surface area contributed by atoms with Crippen LogP contribution in [-0.2, 0) is 4.79 Å². The Morgan fingerprint density at radius 3 is 2.17 bits per heavy atom. The third kappa shape index (κ3) is 5.57. The van der Waals surface area contributed by atoms with Crippen molar-refractivity contribution >= 4 is 23.0 Å². The molecule has 0 saturated heterocycles. The molecule has 126 valence electrons. The van der Waals surface area contributed by atoms with Gasteiger partial charge in [0, 0.05) is 24.1 Å². The predicted octanol–water partition coefficient (Wildman–Crippen LogP) is 2.12. The first-order chi connectivity index (χ1) is 10.4. The summed E-state index contributed by atoms with van der Waals surface area (Å²) < 4.78 is 31.7. The first kappa shape index (κ1) is 18.4. The molecule has 7 nitrogen and oxygen atoms in total. The van der Waals surface area contributed by atoms with Gasteiger partial charge in [-0.15, -0.1) is 0 Å². The highest BCUT2D eigenvalue weighted by Crippen LogP contribution is 2.14. The van der Waals surface area contributed by atoms with Crippen LogP contribution in [0.3, 0.4) is 0 Å². The highest BCUT2D eigenvalue weighted by molar-refractivity contribution is 6.04. The van der Waals surface area contributed by atoms with Crippen LogP contribution in [0.25, 0.3) is 11.2 Å². The number of H-pyrrole nitrogens is 1. The number of hydrogen-bond donors (Lipinski definition) is 3. The summed E-state index contributed by atoms with van der Waals surface area (Å²) in [5, 5.41) is 10.0. The lowest BCUT2D eigenvalue weighted by molar-refractivity contribution is -0.192. The van der Waals surface area contributed by atoms with Gasteiger partial charge in [-0.2, -0.15) is 13.2 Å². The molecule has 1 amide bonds. The van der Waals surface area contributed by atoms with E-state index in [0.29, 0.717) is 16.7 Å². The number of aromatic amines is 1. The molecule has 23 heavy (non-hydrogen) atoms. The normalized spacial score (nSPS) is 11.6. The molecule has 2 aromatic heterocycles. The van der Waals surface area contributed by atoms with Crippen molar-refractivity contribution in [1.29, 1.82) is 0 Å². The Morgan fingerprint density at radius 1 is 1.17 bits per heavy atom. The molecule has 0 aliphatic heterocycles. The van der Waals surface area contributed by atoms with Crippen molar-refractivity contribution in [3.05, 3.63) is 24.2 Å². The number of alkyl halides is 3. The summed E-state index contributed by atoms with van der Waals surface area (Å²) in [4.78, 5) is 32.0. The van der Waals surface area contributed by atoms with Gasteiger partial charge >= 0.3 is 12.1 Å². The van der Waals surface area contributed by atoms with Crippen LogP contribution >= 0.6 is 0 Å². The Labute approximate surface area is 128 Å². The number of fused-ring (bicyclic) bond motifs is 1. The number of aliphatic carboxylic acids is 1. The quantitative estimate of drug-likeness (QED) is 0.741. The summed E-state index contributed by atoms with van der Waals surface area (Å²) in [7, 11) is 0. The first-order valence-electron chi connectivity index (χ1n) is 6.32. The van der Waals surface area contributed by atoms with E-state index in [1.54, 1.807) is 18.6 Å². The van der Waals surface area contributed by atoms with E-state index in [9.17, 15) is 18.0 Å². The molecule has 3 N–H and O–H groups in total. The van der Waals surface area contributed by atoms with Crippen LogP contribution in [0.15, 0.2) is 18.6 Å². The molecule has 0 unspecified atom stereocenters. The van der Waals surface area contributed by atoms with Gasteiger partial charge in [0.1, 0.15) is 5.52 Å². The number of carbonyl (C=O) groups is 2. The Morgan fingerprint density at radius 2 is 1.70 bits per heavy atom. The summed E-state index contributed by atoms with van der Waals surface area (Å²) in [6.45, 7) is 5.81. The monoisotopic (exact) mass is 332 g/mol. The van der Waals surface area contributed by atoms with Crippen molar-refractivity contribution in [1.82, 2.24) is 20.3 Å². The number of carboxylic acid groups (broad SMARTS) is 1. The van der Waals surface area contributed by atoms with E-state index in [2.05, 4.69) is 20.3 Å². The van der Waals surface area contributed by atoms with Crippen LogP contribution in [0.5, 0.6) is 0 Å². The van der Waals surface area contributed by atoms with Crippen molar-refractivity contribution < 1.29 is 27.9 Å². The number of aromatic nitrogens is 3. The second-order valence-corrected chi connectivity index (χ2v) is 5.46. The minimum atomic E-state index is -5.08. The average Bonchev–Trinajstić information content (AvgIpc) is 2.80. The molecule has 0 fully saturated rings.